The zero-order valence-electron chi connectivity index (χ0n) is 9.90. The van der Waals surface area contributed by atoms with Crippen molar-refractivity contribution in [3.8, 4) is 0 Å². The highest BCUT2D eigenvalue weighted by molar-refractivity contribution is 6.05. The summed E-state index contributed by atoms with van der Waals surface area (Å²) in [5.74, 6) is -0.329. The molecular formula is C13H15NO3. The minimum absolute atomic E-state index is 0.161. The van der Waals surface area contributed by atoms with Crippen LogP contribution in [0.2, 0.25) is 0 Å². The molecule has 0 spiro atoms. The van der Waals surface area contributed by atoms with Gasteiger partial charge in [-0.1, -0.05) is 12.1 Å². The largest absolute Gasteiger partial charge is 0.501 e. The predicted molar refractivity (Wildman–Crippen MR) is 65.8 cm³/mol. The molecule has 4 heteroatoms. The third-order valence-corrected chi connectivity index (χ3v) is 1.95. The zero-order chi connectivity index (χ0) is 12.7. The number of allylic oxidation sites excluding steroid dienone is 1. The molecule has 0 heterocycles. The Morgan fingerprint density at radius 3 is 2.82 bits per heavy atom. The van der Waals surface area contributed by atoms with Gasteiger partial charge in [0.25, 0.3) is 0 Å². The Hall–Kier alpha value is -2.10. The Labute approximate surface area is 100 Å². The highest BCUT2D eigenvalue weighted by Gasteiger charge is 2.03. The smallest absolute Gasteiger partial charge is 0.221 e. The third kappa shape index (κ3) is 4.51. The van der Waals surface area contributed by atoms with Gasteiger partial charge in [0.05, 0.1) is 12.9 Å². The molecule has 0 radical (unpaired) electrons. The zero-order valence-corrected chi connectivity index (χ0v) is 9.90. The molecule has 0 aliphatic rings. The van der Waals surface area contributed by atoms with Gasteiger partial charge in [-0.3, -0.25) is 9.59 Å². The molecule has 17 heavy (non-hydrogen) atoms. The number of anilines is 1. The van der Waals surface area contributed by atoms with Crippen LogP contribution in [0.1, 0.15) is 24.2 Å². The monoisotopic (exact) mass is 233 g/mol. The molecule has 1 rings (SSSR count). The van der Waals surface area contributed by atoms with Crippen molar-refractivity contribution in [2.24, 2.45) is 0 Å². The third-order valence-electron chi connectivity index (χ3n) is 1.95. The first-order valence-corrected chi connectivity index (χ1v) is 5.33. The van der Waals surface area contributed by atoms with Crippen molar-refractivity contribution < 1.29 is 14.3 Å². The number of nitrogens with one attached hydrogen (secondary N) is 1. The van der Waals surface area contributed by atoms with Gasteiger partial charge in [0.1, 0.15) is 0 Å². The fourth-order valence-electron chi connectivity index (χ4n) is 1.26. The number of hydrogen-bond donors (Lipinski definition) is 1. The number of carbonyl (C=O) groups excluding carboxylic acids is 2. The van der Waals surface area contributed by atoms with Crippen LogP contribution in [0.5, 0.6) is 0 Å². The molecule has 0 saturated heterocycles. The Morgan fingerprint density at radius 1 is 1.41 bits per heavy atom. The molecule has 0 bridgehead atoms. The summed E-state index contributed by atoms with van der Waals surface area (Å²) in [4.78, 5) is 22.6. The summed E-state index contributed by atoms with van der Waals surface area (Å²) >= 11 is 0. The van der Waals surface area contributed by atoms with Crippen LogP contribution in [0.3, 0.4) is 0 Å². The van der Waals surface area contributed by atoms with E-state index in [0.717, 1.165) is 0 Å². The molecule has 0 fully saturated rings. The number of rotatable bonds is 5. The quantitative estimate of drug-likeness (QED) is 0.482. The molecular weight excluding hydrogens is 218 g/mol. The normalized spacial score (nSPS) is 10.2. The van der Waals surface area contributed by atoms with E-state index in [9.17, 15) is 9.59 Å². The average molecular weight is 233 g/mol. The number of benzene rings is 1. The number of ketones is 1. The molecule has 1 N–H and O–H groups in total. The van der Waals surface area contributed by atoms with Crippen LogP contribution in [-0.2, 0) is 9.53 Å². The van der Waals surface area contributed by atoms with Crippen LogP contribution >= 0.6 is 0 Å². The Balaban J connectivity index is 2.77. The number of amides is 1. The topological polar surface area (TPSA) is 55.4 Å². The van der Waals surface area contributed by atoms with Crippen LogP contribution in [0.4, 0.5) is 5.69 Å². The van der Waals surface area contributed by atoms with Crippen LogP contribution in [0.25, 0.3) is 0 Å². The maximum atomic E-state index is 11.7. The summed E-state index contributed by atoms with van der Waals surface area (Å²) in [7, 11) is 0. The molecule has 1 aromatic carbocycles. The van der Waals surface area contributed by atoms with Gasteiger partial charge in [0.2, 0.25) is 5.91 Å². The minimum atomic E-state index is -0.167. The Bertz CT molecular complexity index is 438. The first-order chi connectivity index (χ1) is 8.13. The molecule has 0 saturated carbocycles. The molecule has 0 unspecified atom stereocenters. The molecule has 1 aromatic rings. The molecule has 0 atom stereocenters. The second-order valence-corrected chi connectivity index (χ2v) is 3.38. The van der Waals surface area contributed by atoms with Crippen molar-refractivity contribution in [3.05, 3.63) is 42.2 Å². The lowest BCUT2D eigenvalue weighted by molar-refractivity contribution is -0.114. The lowest BCUT2D eigenvalue weighted by atomic mass is 10.1. The summed E-state index contributed by atoms with van der Waals surface area (Å²) in [5.41, 5.74) is 1.11. The van der Waals surface area contributed by atoms with E-state index in [2.05, 4.69) is 5.32 Å². The summed E-state index contributed by atoms with van der Waals surface area (Å²) in [6.45, 7) is 3.78. The summed E-state index contributed by atoms with van der Waals surface area (Å²) < 4.78 is 4.95. The van der Waals surface area contributed by atoms with E-state index in [-0.39, 0.29) is 11.7 Å². The maximum absolute atomic E-state index is 11.7. The Morgan fingerprint density at radius 2 is 2.18 bits per heavy atom. The summed E-state index contributed by atoms with van der Waals surface area (Å²) in [6, 6.07) is 6.75. The minimum Gasteiger partial charge on any atom is -0.501 e. The van der Waals surface area contributed by atoms with Gasteiger partial charge in [-0.2, -0.15) is 0 Å². The van der Waals surface area contributed by atoms with E-state index in [0.29, 0.717) is 17.9 Å². The number of ether oxygens (including phenoxy) is 1. The molecule has 4 nitrogen and oxygen atoms in total. The molecule has 0 aliphatic carbocycles. The van der Waals surface area contributed by atoms with Gasteiger partial charge in [0.15, 0.2) is 5.78 Å². The van der Waals surface area contributed by atoms with Gasteiger partial charge in [-0.15, -0.1) is 0 Å². The van der Waals surface area contributed by atoms with Gasteiger partial charge in [-0.25, -0.2) is 0 Å². The van der Waals surface area contributed by atoms with Gasteiger partial charge >= 0.3 is 0 Å². The highest BCUT2D eigenvalue weighted by atomic mass is 16.5. The SMILES string of the molecule is CCOC=CC(=O)c1cccc(NC(C)=O)c1. The second kappa shape index (κ2) is 6.48. The first-order valence-electron chi connectivity index (χ1n) is 5.33. The molecule has 0 aliphatic heterocycles. The summed E-state index contributed by atoms with van der Waals surface area (Å²) in [6.07, 6.45) is 2.73. The maximum Gasteiger partial charge on any atom is 0.221 e. The van der Waals surface area contributed by atoms with Crippen LogP contribution in [0.15, 0.2) is 36.6 Å². The van der Waals surface area contributed by atoms with Gasteiger partial charge in [-0.05, 0) is 19.1 Å². The lowest BCUT2D eigenvalue weighted by Gasteiger charge is -2.03. The van der Waals surface area contributed by atoms with E-state index in [4.69, 9.17) is 4.74 Å². The Kier molecular flexibility index (Phi) is 4.94. The van der Waals surface area contributed by atoms with E-state index >= 15 is 0 Å². The van der Waals surface area contributed by atoms with Crippen molar-refractivity contribution in [1.82, 2.24) is 0 Å². The lowest BCUT2D eigenvalue weighted by Crippen LogP contribution is -2.06. The van der Waals surface area contributed by atoms with E-state index in [1.807, 2.05) is 6.92 Å². The van der Waals surface area contributed by atoms with Gasteiger partial charge < -0.3 is 10.1 Å². The molecule has 90 valence electrons. The fraction of sp³-hybridized carbons (Fsp3) is 0.231. The van der Waals surface area contributed by atoms with Crippen LogP contribution < -0.4 is 5.32 Å². The highest BCUT2D eigenvalue weighted by Crippen LogP contribution is 2.11. The van der Waals surface area contributed by atoms with E-state index in [1.54, 1.807) is 24.3 Å². The fourth-order valence-corrected chi connectivity index (χ4v) is 1.26. The number of carbonyl (C=O) groups is 2. The standard InChI is InChI=1S/C13H15NO3/c1-3-17-8-7-13(16)11-5-4-6-12(9-11)14-10(2)15/h4-9H,3H2,1-2H3,(H,14,15). The second-order valence-electron chi connectivity index (χ2n) is 3.38. The number of hydrogen-bond acceptors (Lipinski definition) is 3. The average Bonchev–Trinajstić information content (AvgIpc) is 2.28. The van der Waals surface area contributed by atoms with Crippen molar-refractivity contribution in [2.45, 2.75) is 13.8 Å². The van der Waals surface area contributed by atoms with E-state index < -0.39 is 0 Å². The predicted octanol–water partition coefficient (Wildman–Crippen LogP) is 2.38. The van der Waals surface area contributed by atoms with Crippen LogP contribution in [-0.4, -0.2) is 18.3 Å². The van der Waals surface area contributed by atoms with Crippen molar-refractivity contribution in [1.29, 1.82) is 0 Å². The van der Waals surface area contributed by atoms with Gasteiger partial charge in [0, 0.05) is 24.3 Å². The molecule has 0 aromatic heterocycles. The van der Waals surface area contributed by atoms with Crippen molar-refractivity contribution >= 4 is 17.4 Å². The van der Waals surface area contributed by atoms with Crippen LogP contribution in [0, 0.1) is 0 Å². The van der Waals surface area contributed by atoms with E-state index in [1.165, 1.54) is 19.3 Å². The summed E-state index contributed by atoms with van der Waals surface area (Å²) in [5, 5.41) is 2.62. The van der Waals surface area contributed by atoms with Crippen molar-refractivity contribution in [2.75, 3.05) is 11.9 Å². The van der Waals surface area contributed by atoms with Crippen molar-refractivity contribution in [3.63, 3.8) is 0 Å². The molecule has 1 amide bonds. The first kappa shape index (κ1) is 13.0.